The molecule has 98 valence electrons. The van der Waals surface area contributed by atoms with E-state index in [1.54, 1.807) is 12.1 Å². The van der Waals surface area contributed by atoms with E-state index in [1.165, 1.54) is 12.1 Å². The summed E-state index contributed by atoms with van der Waals surface area (Å²) in [6.07, 6.45) is 3.12. The molecule has 18 heavy (non-hydrogen) atoms. The number of benzene rings is 1. The number of piperidine rings is 1. The number of halogens is 1. The van der Waals surface area contributed by atoms with E-state index in [2.05, 4.69) is 10.6 Å². The number of carbonyl (C=O) groups is 1. The molecular formula is C14H19FN2O. The van der Waals surface area contributed by atoms with Crippen molar-refractivity contribution in [1.82, 2.24) is 10.6 Å². The highest BCUT2D eigenvalue weighted by atomic mass is 19.1. The van der Waals surface area contributed by atoms with E-state index in [4.69, 9.17) is 0 Å². The molecule has 1 fully saturated rings. The van der Waals surface area contributed by atoms with E-state index in [0.717, 1.165) is 31.4 Å². The van der Waals surface area contributed by atoms with Crippen LogP contribution in [0, 0.1) is 5.82 Å². The zero-order valence-electron chi connectivity index (χ0n) is 10.6. The van der Waals surface area contributed by atoms with Gasteiger partial charge in [-0.15, -0.1) is 0 Å². The first-order valence-electron chi connectivity index (χ1n) is 6.46. The average Bonchev–Trinajstić information content (AvgIpc) is 2.40. The van der Waals surface area contributed by atoms with Gasteiger partial charge in [-0.2, -0.15) is 0 Å². The van der Waals surface area contributed by atoms with Crippen molar-refractivity contribution in [3.05, 3.63) is 35.6 Å². The van der Waals surface area contributed by atoms with Gasteiger partial charge in [-0.25, -0.2) is 4.39 Å². The highest BCUT2D eigenvalue weighted by Crippen LogP contribution is 2.14. The number of amides is 1. The van der Waals surface area contributed by atoms with Crippen LogP contribution in [0.1, 0.15) is 37.8 Å². The van der Waals surface area contributed by atoms with Gasteiger partial charge in [-0.1, -0.05) is 18.6 Å². The lowest BCUT2D eigenvalue weighted by Gasteiger charge is -2.24. The molecule has 0 radical (unpaired) electrons. The number of nitrogens with one attached hydrogen (secondary N) is 2. The highest BCUT2D eigenvalue weighted by Gasteiger charge is 2.21. The lowest BCUT2D eigenvalue weighted by atomic mass is 10.0. The number of carbonyl (C=O) groups excluding carboxylic acids is 1. The Bertz CT molecular complexity index is 399. The molecule has 0 spiro atoms. The molecule has 2 N–H and O–H groups in total. The number of hydrogen-bond acceptors (Lipinski definition) is 2. The summed E-state index contributed by atoms with van der Waals surface area (Å²) in [5, 5.41) is 6.17. The summed E-state index contributed by atoms with van der Waals surface area (Å²) < 4.78 is 12.8. The molecule has 2 atom stereocenters. The second-order valence-corrected chi connectivity index (χ2v) is 4.78. The summed E-state index contributed by atoms with van der Waals surface area (Å²) >= 11 is 0. The van der Waals surface area contributed by atoms with Gasteiger partial charge in [0, 0.05) is 0 Å². The molecule has 0 aliphatic carbocycles. The molecule has 1 heterocycles. The molecule has 1 aromatic carbocycles. The van der Waals surface area contributed by atoms with Crippen LogP contribution in [0.2, 0.25) is 0 Å². The van der Waals surface area contributed by atoms with Crippen molar-refractivity contribution in [2.75, 3.05) is 6.54 Å². The maximum atomic E-state index is 12.8. The van der Waals surface area contributed by atoms with Crippen molar-refractivity contribution >= 4 is 5.91 Å². The predicted molar refractivity (Wildman–Crippen MR) is 68.6 cm³/mol. The zero-order chi connectivity index (χ0) is 13.0. The van der Waals surface area contributed by atoms with Gasteiger partial charge in [-0.05, 0) is 44.0 Å². The lowest BCUT2D eigenvalue weighted by Crippen LogP contribution is -2.47. The Kier molecular flexibility index (Phi) is 4.31. The Morgan fingerprint density at radius 2 is 2.11 bits per heavy atom. The van der Waals surface area contributed by atoms with E-state index in [9.17, 15) is 9.18 Å². The van der Waals surface area contributed by atoms with Crippen LogP contribution in [0.3, 0.4) is 0 Å². The zero-order valence-corrected chi connectivity index (χ0v) is 10.6. The highest BCUT2D eigenvalue weighted by molar-refractivity contribution is 5.82. The van der Waals surface area contributed by atoms with Gasteiger partial charge in [0.1, 0.15) is 5.82 Å². The van der Waals surface area contributed by atoms with Gasteiger partial charge in [-0.3, -0.25) is 4.79 Å². The van der Waals surface area contributed by atoms with Gasteiger partial charge < -0.3 is 10.6 Å². The quantitative estimate of drug-likeness (QED) is 0.863. The third-order valence-corrected chi connectivity index (χ3v) is 3.36. The van der Waals surface area contributed by atoms with Crippen LogP contribution in [0.4, 0.5) is 4.39 Å². The second-order valence-electron chi connectivity index (χ2n) is 4.78. The van der Waals surface area contributed by atoms with E-state index < -0.39 is 0 Å². The van der Waals surface area contributed by atoms with Crippen LogP contribution in [0.25, 0.3) is 0 Å². The summed E-state index contributed by atoms with van der Waals surface area (Å²) in [6.45, 7) is 2.82. The fraction of sp³-hybridized carbons (Fsp3) is 0.500. The standard InChI is InChI=1S/C14H19FN2O/c1-10(11-5-7-12(15)8-6-11)17-14(18)13-4-2-3-9-16-13/h5-8,10,13,16H,2-4,9H2,1H3,(H,17,18)/t10-,13?/m1/s1. The van der Waals surface area contributed by atoms with Crippen molar-refractivity contribution in [3.8, 4) is 0 Å². The predicted octanol–water partition coefficient (Wildman–Crippen LogP) is 2.14. The minimum Gasteiger partial charge on any atom is -0.348 e. The minimum atomic E-state index is -0.258. The molecule has 0 bridgehead atoms. The van der Waals surface area contributed by atoms with Crippen molar-refractivity contribution < 1.29 is 9.18 Å². The maximum Gasteiger partial charge on any atom is 0.237 e. The molecule has 1 unspecified atom stereocenters. The molecule has 0 saturated carbocycles. The van der Waals surface area contributed by atoms with Crippen molar-refractivity contribution in [3.63, 3.8) is 0 Å². The van der Waals surface area contributed by atoms with Crippen molar-refractivity contribution in [1.29, 1.82) is 0 Å². The lowest BCUT2D eigenvalue weighted by molar-refractivity contribution is -0.124. The summed E-state index contributed by atoms with van der Waals surface area (Å²) in [5.74, 6) is -0.224. The molecular weight excluding hydrogens is 231 g/mol. The summed E-state index contributed by atoms with van der Waals surface area (Å²) in [7, 11) is 0. The molecule has 3 nitrogen and oxygen atoms in total. The van der Waals surface area contributed by atoms with E-state index in [-0.39, 0.29) is 23.8 Å². The van der Waals surface area contributed by atoms with E-state index >= 15 is 0 Å². The topological polar surface area (TPSA) is 41.1 Å². The van der Waals surface area contributed by atoms with Crippen molar-refractivity contribution in [2.24, 2.45) is 0 Å². The molecule has 0 aromatic heterocycles. The normalized spacial score (nSPS) is 21.3. The first-order chi connectivity index (χ1) is 8.66. The second kappa shape index (κ2) is 5.96. The monoisotopic (exact) mass is 250 g/mol. The smallest absolute Gasteiger partial charge is 0.237 e. The molecule has 2 rings (SSSR count). The maximum absolute atomic E-state index is 12.8. The Hall–Kier alpha value is -1.42. The minimum absolute atomic E-state index is 0.0338. The number of rotatable bonds is 3. The fourth-order valence-corrected chi connectivity index (χ4v) is 2.22. The molecule has 1 aromatic rings. The average molecular weight is 250 g/mol. The Morgan fingerprint density at radius 1 is 1.39 bits per heavy atom. The Labute approximate surface area is 107 Å². The van der Waals surface area contributed by atoms with Crippen molar-refractivity contribution in [2.45, 2.75) is 38.3 Å². The van der Waals surface area contributed by atoms with Gasteiger partial charge in [0.05, 0.1) is 12.1 Å². The summed E-state index contributed by atoms with van der Waals surface area (Å²) in [4.78, 5) is 12.0. The van der Waals surface area contributed by atoms with Gasteiger partial charge in [0.25, 0.3) is 0 Å². The van der Waals surface area contributed by atoms with E-state index in [1.807, 2.05) is 6.92 Å². The molecule has 1 saturated heterocycles. The fourth-order valence-electron chi connectivity index (χ4n) is 2.22. The first-order valence-corrected chi connectivity index (χ1v) is 6.46. The van der Waals surface area contributed by atoms with Gasteiger partial charge in [0.15, 0.2) is 0 Å². The van der Waals surface area contributed by atoms with E-state index in [0.29, 0.717) is 0 Å². The number of hydrogen-bond donors (Lipinski definition) is 2. The van der Waals surface area contributed by atoms with Crippen LogP contribution in [0.15, 0.2) is 24.3 Å². The van der Waals surface area contributed by atoms with Crippen LogP contribution in [-0.4, -0.2) is 18.5 Å². The molecule has 1 amide bonds. The Morgan fingerprint density at radius 3 is 2.72 bits per heavy atom. The third-order valence-electron chi connectivity index (χ3n) is 3.36. The van der Waals surface area contributed by atoms with Crippen LogP contribution < -0.4 is 10.6 Å². The van der Waals surface area contributed by atoms with Crippen LogP contribution in [-0.2, 0) is 4.79 Å². The molecule has 4 heteroatoms. The summed E-state index contributed by atoms with van der Waals surface area (Å²) in [6, 6.07) is 6.06. The Balaban J connectivity index is 1.91. The van der Waals surface area contributed by atoms with Gasteiger partial charge >= 0.3 is 0 Å². The SMILES string of the molecule is C[C@@H](NC(=O)C1CCCCN1)c1ccc(F)cc1. The van der Waals surface area contributed by atoms with Crippen LogP contribution in [0.5, 0.6) is 0 Å². The summed E-state index contributed by atoms with van der Waals surface area (Å²) in [5.41, 5.74) is 0.917. The molecule has 1 aliphatic rings. The largest absolute Gasteiger partial charge is 0.348 e. The van der Waals surface area contributed by atoms with Crippen LogP contribution >= 0.6 is 0 Å². The first kappa shape index (κ1) is 13.0. The van der Waals surface area contributed by atoms with Gasteiger partial charge in [0.2, 0.25) is 5.91 Å². The third kappa shape index (κ3) is 3.29. The molecule has 1 aliphatic heterocycles.